The minimum absolute atomic E-state index is 0.304. The average molecular weight is 265 g/mol. The summed E-state index contributed by atoms with van der Waals surface area (Å²) in [5, 5.41) is 9.89. The van der Waals surface area contributed by atoms with Crippen LogP contribution in [0.1, 0.15) is 10.4 Å². The number of thiazole rings is 1. The van der Waals surface area contributed by atoms with Crippen LogP contribution in [0.2, 0.25) is 0 Å². The van der Waals surface area contributed by atoms with Gasteiger partial charge in [-0.3, -0.25) is 4.98 Å². The summed E-state index contributed by atoms with van der Waals surface area (Å²) in [6, 6.07) is 8.38. The van der Waals surface area contributed by atoms with Crippen molar-refractivity contribution in [2.24, 2.45) is 0 Å². The van der Waals surface area contributed by atoms with E-state index >= 15 is 0 Å². The first kappa shape index (κ1) is 12.6. The Labute approximate surface area is 110 Å². The van der Waals surface area contributed by atoms with Gasteiger partial charge in [0.1, 0.15) is 0 Å². The molecule has 1 heterocycles. The largest absolute Gasteiger partial charge is 0.392 e. The quantitative estimate of drug-likeness (QED) is 0.843. The Balaban J connectivity index is 1.79. The van der Waals surface area contributed by atoms with E-state index in [0.717, 1.165) is 10.6 Å². The number of aliphatic hydroxyl groups excluding tert-OH is 1. The standard InChI is InChI=1S/C13H15NOS2/c1-10-2-4-12(5-3-10)16-8-11(15)6-13-7-14-9-17-13/h2-5,7,9,11,15H,6,8H2,1H3. The smallest absolute Gasteiger partial charge is 0.0794 e. The Morgan fingerprint density at radius 1 is 1.35 bits per heavy atom. The Hall–Kier alpha value is -0.840. The highest BCUT2D eigenvalue weighted by Gasteiger charge is 2.07. The van der Waals surface area contributed by atoms with Crippen molar-refractivity contribution < 1.29 is 5.11 Å². The number of hydrogen-bond donors (Lipinski definition) is 1. The Morgan fingerprint density at radius 2 is 2.12 bits per heavy atom. The predicted molar refractivity (Wildman–Crippen MR) is 73.7 cm³/mol. The van der Waals surface area contributed by atoms with E-state index in [9.17, 15) is 5.11 Å². The second-order valence-corrected chi connectivity index (χ2v) is 6.01. The van der Waals surface area contributed by atoms with Gasteiger partial charge in [-0.05, 0) is 19.1 Å². The summed E-state index contributed by atoms with van der Waals surface area (Å²) in [7, 11) is 0. The van der Waals surface area contributed by atoms with Crippen LogP contribution < -0.4 is 0 Å². The molecule has 0 saturated carbocycles. The van der Waals surface area contributed by atoms with Crippen molar-refractivity contribution in [2.45, 2.75) is 24.3 Å². The van der Waals surface area contributed by atoms with Gasteiger partial charge in [-0.25, -0.2) is 0 Å². The van der Waals surface area contributed by atoms with E-state index in [2.05, 4.69) is 36.2 Å². The third kappa shape index (κ3) is 4.15. The van der Waals surface area contributed by atoms with E-state index in [-0.39, 0.29) is 6.10 Å². The third-order valence-electron chi connectivity index (χ3n) is 2.38. The van der Waals surface area contributed by atoms with Crippen molar-refractivity contribution in [1.29, 1.82) is 0 Å². The number of rotatable bonds is 5. The maximum Gasteiger partial charge on any atom is 0.0794 e. The second-order valence-electron chi connectivity index (χ2n) is 3.95. The van der Waals surface area contributed by atoms with E-state index < -0.39 is 0 Å². The van der Waals surface area contributed by atoms with Crippen molar-refractivity contribution in [2.75, 3.05) is 5.75 Å². The van der Waals surface area contributed by atoms with Crippen molar-refractivity contribution >= 4 is 23.1 Å². The van der Waals surface area contributed by atoms with Crippen LogP contribution in [0.5, 0.6) is 0 Å². The summed E-state index contributed by atoms with van der Waals surface area (Å²) < 4.78 is 0. The molecule has 1 aromatic heterocycles. The van der Waals surface area contributed by atoms with Gasteiger partial charge in [-0.1, -0.05) is 17.7 Å². The highest BCUT2D eigenvalue weighted by Crippen LogP contribution is 2.20. The van der Waals surface area contributed by atoms with Crippen molar-refractivity contribution in [3.8, 4) is 0 Å². The zero-order valence-electron chi connectivity index (χ0n) is 9.67. The molecule has 2 nitrogen and oxygen atoms in total. The Bertz CT molecular complexity index is 439. The van der Waals surface area contributed by atoms with Crippen LogP contribution in [0.25, 0.3) is 0 Å². The van der Waals surface area contributed by atoms with Gasteiger partial charge in [0.2, 0.25) is 0 Å². The summed E-state index contributed by atoms with van der Waals surface area (Å²) in [4.78, 5) is 6.35. The first-order valence-corrected chi connectivity index (χ1v) is 7.35. The molecule has 1 atom stereocenters. The highest BCUT2D eigenvalue weighted by atomic mass is 32.2. The van der Waals surface area contributed by atoms with Gasteiger partial charge < -0.3 is 5.11 Å². The minimum atomic E-state index is -0.304. The molecule has 90 valence electrons. The molecule has 0 bridgehead atoms. The van der Waals surface area contributed by atoms with E-state index in [1.807, 2.05) is 6.20 Å². The van der Waals surface area contributed by atoms with Gasteiger partial charge in [-0.2, -0.15) is 0 Å². The van der Waals surface area contributed by atoms with Gasteiger partial charge in [0.05, 0.1) is 11.6 Å². The number of aromatic nitrogens is 1. The number of benzene rings is 1. The number of nitrogens with zero attached hydrogens (tertiary/aromatic N) is 1. The lowest BCUT2D eigenvalue weighted by molar-refractivity contribution is 0.201. The topological polar surface area (TPSA) is 33.1 Å². The van der Waals surface area contributed by atoms with Gasteiger partial charge in [0.25, 0.3) is 0 Å². The summed E-state index contributed by atoms with van der Waals surface area (Å²) in [5.74, 6) is 0.723. The van der Waals surface area contributed by atoms with Crippen LogP contribution in [0.3, 0.4) is 0 Å². The van der Waals surface area contributed by atoms with Crippen LogP contribution in [0.4, 0.5) is 0 Å². The molecule has 0 amide bonds. The molecule has 0 saturated heterocycles. The number of hydrogen-bond acceptors (Lipinski definition) is 4. The zero-order valence-corrected chi connectivity index (χ0v) is 11.3. The third-order valence-corrected chi connectivity index (χ3v) is 4.34. The molecular formula is C13H15NOS2. The van der Waals surface area contributed by atoms with E-state index in [0.29, 0.717) is 6.42 Å². The first-order valence-electron chi connectivity index (χ1n) is 5.49. The molecule has 0 radical (unpaired) electrons. The number of aliphatic hydroxyl groups is 1. The lowest BCUT2D eigenvalue weighted by Crippen LogP contribution is -2.12. The molecular weight excluding hydrogens is 250 g/mol. The Kier molecular flexibility index (Phi) is 4.59. The normalized spacial score (nSPS) is 12.6. The molecule has 0 aliphatic rings. The molecule has 1 aromatic carbocycles. The van der Waals surface area contributed by atoms with E-state index in [1.165, 1.54) is 10.5 Å². The molecule has 0 aliphatic carbocycles. The maximum absolute atomic E-state index is 9.89. The highest BCUT2D eigenvalue weighted by molar-refractivity contribution is 7.99. The average Bonchev–Trinajstić information content (AvgIpc) is 2.81. The lowest BCUT2D eigenvalue weighted by Gasteiger charge is -2.08. The fraction of sp³-hybridized carbons (Fsp3) is 0.308. The van der Waals surface area contributed by atoms with Crippen LogP contribution in [0.15, 0.2) is 40.9 Å². The van der Waals surface area contributed by atoms with E-state index in [4.69, 9.17) is 0 Å². The van der Waals surface area contributed by atoms with Crippen molar-refractivity contribution in [3.63, 3.8) is 0 Å². The monoisotopic (exact) mass is 265 g/mol. The summed E-state index contributed by atoms with van der Waals surface area (Å²) in [5.41, 5.74) is 3.06. The van der Waals surface area contributed by atoms with Crippen LogP contribution in [0, 0.1) is 6.92 Å². The summed E-state index contributed by atoms with van der Waals surface area (Å²) >= 11 is 3.29. The fourth-order valence-corrected chi connectivity index (χ4v) is 2.96. The van der Waals surface area contributed by atoms with Gasteiger partial charge in [-0.15, -0.1) is 23.1 Å². The molecule has 1 N–H and O–H groups in total. The van der Waals surface area contributed by atoms with E-state index in [1.54, 1.807) is 28.6 Å². The maximum atomic E-state index is 9.89. The number of aryl methyl sites for hydroxylation is 1. The molecule has 0 aliphatic heterocycles. The molecule has 1 unspecified atom stereocenters. The second kappa shape index (κ2) is 6.19. The summed E-state index contributed by atoms with van der Waals surface area (Å²) in [6.45, 7) is 2.08. The fourth-order valence-electron chi connectivity index (χ4n) is 1.46. The van der Waals surface area contributed by atoms with Gasteiger partial charge in [0, 0.05) is 28.1 Å². The number of thioether (sulfide) groups is 1. The summed E-state index contributed by atoms with van der Waals surface area (Å²) in [6.07, 6.45) is 2.22. The minimum Gasteiger partial charge on any atom is -0.392 e. The van der Waals surface area contributed by atoms with Gasteiger partial charge in [0.15, 0.2) is 0 Å². The molecule has 4 heteroatoms. The molecule has 17 heavy (non-hydrogen) atoms. The molecule has 2 aromatic rings. The Morgan fingerprint density at radius 3 is 2.76 bits per heavy atom. The van der Waals surface area contributed by atoms with Crippen LogP contribution in [-0.4, -0.2) is 21.9 Å². The molecule has 0 spiro atoms. The zero-order chi connectivity index (χ0) is 12.1. The first-order chi connectivity index (χ1) is 8.24. The SMILES string of the molecule is Cc1ccc(SCC(O)Cc2cncs2)cc1. The molecule has 2 rings (SSSR count). The van der Waals surface area contributed by atoms with Crippen molar-refractivity contribution in [3.05, 3.63) is 46.4 Å². The van der Waals surface area contributed by atoms with Crippen molar-refractivity contribution in [1.82, 2.24) is 4.98 Å². The van der Waals surface area contributed by atoms with Crippen LogP contribution in [-0.2, 0) is 6.42 Å². The van der Waals surface area contributed by atoms with Gasteiger partial charge >= 0.3 is 0 Å². The lowest BCUT2D eigenvalue weighted by atomic mass is 10.2. The predicted octanol–water partition coefficient (Wildman–Crippen LogP) is 3.15. The molecule has 0 fully saturated rings. The van der Waals surface area contributed by atoms with Crippen LogP contribution >= 0.6 is 23.1 Å².